The van der Waals surface area contributed by atoms with Gasteiger partial charge in [-0.2, -0.15) is 0 Å². The zero-order valence-electron chi connectivity index (χ0n) is 17.8. The molecule has 2 aromatic carbocycles. The number of halogens is 2. The molecule has 6 nitrogen and oxygen atoms in total. The maximum Gasteiger partial charge on any atom is 0.255 e. The standard InChI is InChI=1S/C24H27Cl2N3O3/c25-17-6-4-16(5-7-17)24(32)9-8-18-12-27(10-11-28(18)15-24)23(31)20-2-1-3-21(22(20)26)29-13-19(30)14-29/h1-7,18-19,30,32H,8-15H2/t18-,24-/m1/s1. The highest BCUT2D eigenvalue weighted by Crippen LogP contribution is 2.37. The minimum atomic E-state index is -0.896. The van der Waals surface area contributed by atoms with Crippen molar-refractivity contribution in [3.63, 3.8) is 0 Å². The number of piperazine rings is 1. The number of aliphatic hydroxyl groups is 2. The van der Waals surface area contributed by atoms with Crippen molar-refractivity contribution in [1.82, 2.24) is 9.80 Å². The first-order valence-corrected chi connectivity index (χ1v) is 11.8. The number of rotatable bonds is 3. The molecule has 8 heteroatoms. The Morgan fingerprint density at radius 2 is 1.78 bits per heavy atom. The molecule has 0 bridgehead atoms. The molecule has 3 aliphatic rings. The maximum absolute atomic E-state index is 13.3. The molecule has 3 fully saturated rings. The van der Waals surface area contributed by atoms with Crippen LogP contribution < -0.4 is 4.90 Å². The van der Waals surface area contributed by atoms with E-state index in [1.165, 1.54) is 0 Å². The second-order valence-electron chi connectivity index (χ2n) is 9.15. The van der Waals surface area contributed by atoms with E-state index in [1.807, 2.05) is 46.2 Å². The topological polar surface area (TPSA) is 67.3 Å². The van der Waals surface area contributed by atoms with Gasteiger partial charge in [0, 0.05) is 50.3 Å². The summed E-state index contributed by atoms with van der Waals surface area (Å²) in [6.07, 6.45) is 1.12. The minimum Gasteiger partial charge on any atom is -0.389 e. The Hall–Kier alpha value is -1.83. The number of hydrogen-bond donors (Lipinski definition) is 2. The molecule has 0 saturated carbocycles. The summed E-state index contributed by atoms with van der Waals surface area (Å²) in [6, 6.07) is 13.2. The largest absolute Gasteiger partial charge is 0.389 e. The molecule has 3 heterocycles. The summed E-state index contributed by atoms with van der Waals surface area (Å²) in [4.78, 5) is 19.5. The third kappa shape index (κ3) is 3.99. The molecule has 2 N–H and O–H groups in total. The summed E-state index contributed by atoms with van der Waals surface area (Å²) in [5.41, 5.74) is 1.30. The van der Waals surface area contributed by atoms with Crippen molar-refractivity contribution in [2.45, 2.75) is 30.6 Å². The highest BCUT2D eigenvalue weighted by Gasteiger charge is 2.42. The van der Waals surface area contributed by atoms with Crippen LogP contribution in [-0.2, 0) is 5.60 Å². The van der Waals surface area contributed by atoms with Gasteiger partial charge in [0.25, 0.3) is 5.91 Å². The van der Waals surface area contributed by atoms with Gasteiger partial charge in [0.1, 0.15) is 5.60 Å². The Morgan fingerprint density at radius 1 is 1.03 bits per heavy atom. The first-order valence-electron chi connectivity index (χ1n) is 11.1. The third-order valence-electron chi connectivity index (χ3n) is 7.04. The summed E-state index contributed by atoms with van der Waals surface area (Å²) in [6.45, 7) is 3.55. The number of piperidine rings is 1. The Labute approximate surface area is 197 Å². The van der Waals surface area contributed by atoms with Crippen molar-refractivity contribution in [3.8, 4) is 0 Å². The SMILES string of the molecule is O=C(c1cccc(N2CC(O)C2)c1Cl)N1CCN2C[C@@](O)(c3ccc(Cl)cc3)CC[C@@H]2C1. The van der Waals surface area contributed by atoms with Crippen LogP contribution in [0.2, 0.25) is 10.0 Å². The van der Waals surface area contributed by atoms with Crippen molar-refractivity contribution in [3.05, 3.63) is 63.6 Å². The summed E-state index contributed by atoms with van der Waals surface area (Å²) in [5, 5.41) is 22.0. The molecule has 1 amide bonds. The molecular formula is C24H27Cl2N3O3. The van der Waals surface area contributed by atoms with E-state index in [9.17, 15) is 15.0 Å². The molecule has 0 radical (unpaired) electrons. The molecule has 32 heavy (non-hydrogen) atoms. The summed E-state index contributed by atoms with van der Waals surface area (Å²) >= 11 is 12.6. The van der Waals surface area contributed by atoms with E-state index in [4.69, 9.17) is 23.2 Å². The minimum absolute atomic E-state index is 0.0592. The zero-order valence-corrected chi connectivity index (χ0v) is 19.3. The van der Waals surface area contributed by atoms with Crippen LogP contribution in [0.15, 0.2) is 42.5 Å². The third-order valence-corrected chi connectivity index (χ3v) is 7.69. The van der Waals surface area contributed by atoms with Crippen molar-refractivity contribution in [2.75, 3.05) is 44.2 Å². The Morgan fingerprint density at radius 3 is 2.50 bits per heavy atom. The lowest BCUT2D eigenvalue weighted by molar-refractivity contribution is -0.0740. The average molecular weight is 476 g/mol. The van der Waals surface area contributed by atoms with Gasteiger partial charge in [-0.15, -0.1) is 0 Å². The van der Waals surface area contributed by atoms with E-state index in [2.05, 4.69) is 4.90 Å². The Balaban J connectivity index is 1.27. The number of amides is 1. The second-order valence-corrected chi connectivity index (χ2v) is 9.96. The lowest BCUT2D eigenvalue weighted by Crippen LogP contribution is -2.60. The smallest absolute Gasteiger partial charge is 0.255 e. The number of aliphatic hydroxyl groups excluding tert-OH is 1. The number of β-amino-alcohol motifs (C(OH)–C–C–N with tert-alkyl or cyclic N) is 1. The first kappa shape index (κ1) is 22.0. The quantitative estimate of drug-likeness (QED) is 0.713. The van der Waals surface area contributed by atoms with Gasteiger partial charge in [-0.25, -0.2) is 0 Å². The van der Waals surface area contributed by atoms with Crippen molar-refractivity contribution >= 4 is 34.8 Å². The van der Waals surface area contributed by atoms with Crippen LogP contribution in [0, 0.1) is 0 Å². The molecule has 5 rings (SSSR count). The van der Waals surface area contributed by atoms with Crippen LogP contribution in [0.5, 0.6) is 0 Å². The fourth-order valence-corrected chi connectivity index (χ4v) is 5.58. The molecule has 3 saturated heterocycles. The number of fused-ring (bicyclic) bond motifs is 1. The van der Waals surface area contributed by atoms with Crippen LogP contribution in [-0.4, -0.2) is 77.3 Å². The number of carbonyl (C=O) groups is 1. The van der Waals surface area contributed by atoms with Gasteiger partial charge in [0.15, 0.2) is 0 Å². The Bertz CT molecular complexity index is 1010. The number of benzene rings is 2. The fourth-order valence-electron chi connectivity index (χ4n) is 5.13. The molecule has 0 unspecified atom stereocenters. The lowest BCUT2D eigenvalue weighted by atomic mass is 9.82. The first-order chi connectivity index (χ1) is 15.3. The highest BCUT2D eigenvalue weighted by molar-refractivity contribution is 6.36. The van der Waals surface area contributed by atoms with E-state index in [-0.39, 0.29) is 18.1 Å². The Kier molecular flexibility index (Phi) is 5.84. The monoisotopic (exact) mass is 475 g/mol. The molecule has 2 aromatic rings. The van der Waals surface area contributed by atoms with E-state index in [1.54, 1.807) is 6.07 Å². The average Bonchev–Trinajstić information content (AvgIpc) is 2.77. The van der Waals surface area contributed by atoms with Crippen LogP contribution >= 0.6 is 23.2 Å². The van der Waals surface area contributed by atoms with Gasteiger partial charge in [-0.1, -0.05) is 41.4 Å². The molecular weight excluding hydrogens is 449 g/mol. The fraction of sp³-hybridized carbons (Fsp3) is 0.458. The van der Waals surface area contributed by atoms with Crippen molar-refractivity contribution in [2.24, 2.45) is 0 Å². The van der Waals surface area contributed by atoms with Crippen LogP contribution in [0.4, 0.5) is 5.69 Å². The normalized spacial score (nSPS) is 26.6. The zero-order chi connectivity index (χ0) is 22.5. The summed E-state index contributed by atoms with van der Waals surface area (Å²) < 4.78 is 0. The van der Waals surface area contributed by atoms with E-state index >= 15 is 0 Å². The van der Waals surface area contributed by atoms with Gasteiger partial charge in [-0.3, -0.25) is 9.69 Å². The van der Waals surface area contributed by atoms with Crippen LogP contribution in [0.3, 0.4) is 0 Å². The number of carbonyl (C=O) groups excluding carboxylic acids is 1. The molecule has 0 aliphatic carbocycles. The maximum atomic E-state index is 13.3. The summed E-state index contributed by atoms with van der Waals surface area (Å²) in [5.74, 6) is -0.0592. The molecule has 0 aromatic heterocycles. The van der Waals surface area contributed by atoms with E-state index < -0.39 is 5.60 Å². The van der Waals surface area contributed by atoms with E-state index in [0.717, 1.165) is 17.7 Å². The van der Waals surface area contributed by atoms with E-state index in [0.29, 0.717) is 61.3 Å². The van der Waals surface area contributed by atoms with Gasteiger partial charge in [0.05, 0.1) is 22.4 Å². The van der Waals surface area contributed by atoms with Gasteiger partial charge >= 0.3 is 0 Å². The van der Waals surface area contributed by atoms with Crippen LogP contribution in [0.1, 0.15) is 28.8 Å². The predicted molar refractivity (Wildman–Crippen MR) is 126 cm³/mol. The highest BCUT2D eigenvalue weighted by atomic mass is 35.5. The molecule has 0 spiro atoms. The predicted octanol–water partition coefficient (Wildman–Crippen LogP) is 2.98. The van der Waals surface area contributed by atoms with Crippen molar-refractivity contribution in [1.29, 1.82) is 0 Å². The lowest BCUT2D eigenvalue weighted by Gasteiger charge is -2.49. The number of hydrogen-bond acceptors (Lipinski definition) is 5. The van der Waals surface area contributed by atoms with Crippen molar-refractivity contribution < 1.29 is 15.0 Å². The van der Waals surface area contributed by atoms with Gasteiger partial charge in [-0.05, 0) is 42.7 Å². The van der Waals surface area contributed by atoms with Gasteiger partial charge < -0.3 is 20.0 Å². The van der Waals surface area contributed by atoms with Crippen LogP contribution in [0.25, 0.3) is 0 Å². The number of anilines is 1. The summed E-state index contributed by atoms with van der Waals surface area (Å²) in [7, 11) is 0. The number of nitrogens with zero attached hydrogens (tertiary/aromatic N) is 3. The molecule has 2 atom stereocenters. The molecule has 170 valence electrons. The molecule has 3 aliphatic heterocycles. The van der Waals surface area contributed by atoms with Gasteiger partial charge in [0.2, 0.25) is 0 Å². The second kappa shape index (κ2) is 8.50.